The van der Waals surface area contributed by atoms with Crippen LogP contribution in [0.3, 0.4) is 0 Å². The lowest BCUT2D eigenvalue weighted by molar-refractivity contribution is -0.0328. The highest BCUT2D eigenvalue weighted by Crippen LogP contribution is 2.39. The van der Waals surface area contributed by atoms with Crippen molar-refractivity contribution in [3.8, 4) is 0 Å². The van der Waals surface area contributed by atoms with Gasteiger partial charge >= 0.3 is 5.51 Å². The molecule has 1 fully saturated rings. The zero-order valence-corrected chi connectivity index (χ0v) is 20.7. The molecule has 0 saturated carbocycles. The fraction of sp³-hybridized carbons (Fsp3) is 0.375. The zero-order chi connectivity index (χ0) is 25.0. The van der Waals surface area contributed by atoms with E-state index in [2.05, 4.69) is 20.1 Å². The highest BCUT2D eigenvalue weighted by atomic mass is 32.2. The van der Waals surface area contributed by atoms with Gasteiger partial charge in [-0.1, -0.05) is 13.0 Å². The van der Waals surface area contributed by atoms with Crippen LogP contribution in [0.4, 0.5) is 42.3 Å². The van der Waals surface area contributed by atoms with Crippen molar-refractivity contribution in [2.75, 3.05) is 60.3 Å². The normalized spacial score (nSPS) is 14.2. The third-order valence-electron chi connectivity index (χ3n) is 5.63. The van der Waals surface area contributed by atoms with Gasteiger partial charge in [-0.05, 0) is 54.1 Å². The molecule has 0 aliphatic carbocycles. The fourth-order valence-corrected chi connectivity index (χ4v) is 4.56. The Morgan fingerprint density at radius 3 is 2.37 bits per heavy atom. The number of hydrogen-bond acceptors (Lipinski definition) is 8. The van der Waals surface area contributed by atoms with Crippen LogP contribution in [0.15, 0.2) is 53.6 Å². The molecule has 2 aromatic heterocycles. The molecule has 3 aromatic rings. The molecule has 1 aliphatic rings. The molecule has 0 atom stereocenters. The first kappa shape index (κ1) is 24.9. The molecule has 1 N–H and O–H groups in total. The quantitative estimate of drug-likeness (QED) is 0.443. The first-order valence-electron chi connectivity index (χ1n) is 11.3. The number of aryl methyl sites for hydroxylation is 1. The molecular formula is C24H28F3N7S. The van der Waals surface area contributed by atoms with E-state index in [9.17, 15) is 13.2 Å². The summed E-state index contributed by atoms with van der Waals surface area (Å²) in [5, 5.41) is 3.26. The van der Waals surface area contributed by atoms with E-state index in [1.165, 1.54) is 6.07 Å². The zero-order valence-electron chi connectivity index (χ0n) is 19.9. The predicted octanol–water partition coefficient (Wildman–Crippen LogP) is 5.18. The van der Waals surface area contributed by atoms with Gasteiger partial charge in [0.1, 0.15) is 17.5 Å². The van der Waals surface area contributed by atoms with Gasteiger partial charge in [0.15, 0.2) is 0 Å². The summed E-state index contributed by atoms with van der Waals surface area (Å²) >= 11 is -0.0821. The van der Waals surface area contributed by atoms with E-state index in [4.69, 9.17) is 9.97 Å². The Morgan fingerprint density at radius 1 is 1.00 bits per heavy atom. The summed E-state index contributed by atoms with van der Waals surface area (Å²) in [4.78, 5) is 20.4. The molecule has 1 aliphatic heterocycles. The molecule has 11 heteroatoms. The van der Waals surface area contributed by atoms with Crippen LogP contribution in [0.5, 0.6) is 0 Å². The first-order valence-corrected chi connectivity index (χ1v) is 12.2. The number of hydrogen-bond donors (Lipinski definition) is 1. The number of pyridine rings is 1. The van der Waals surface area contributed by atoms with Crippen LogP contribution in [0.2, 0.25) is 0 Å². The maximum absolute atomic E-state index is 12.9. The number of alkyl halides is 3. The van der Waals surface area contributed by atoms with E-state index in [1.54, 1.807) is 18.3 Å². The number of nitrogens with zero attached hydrogens (tertiary/aromatic N) is 6. The molecule has 0 spiro atoms. The minimum atomic E-state index is -4.32. The van der Waals surface area contributed by atoms with Gasteiger partial charge in [0.05, 0.1) is 0 Å². The van der Waals surface area contributed by atoms with Gasteiger partial charge < -0.3 is 20.0 Å². The van der Waals surface area contributed by atoms with E-state index >= 15 is 0 Å². The Balaban J connectivity index is 1.53. The molecule has 35 heavy (non-hydrogen) atoms. The van der Waals surface area contributed by atoms with Gasteiger partial charge in [-0.15, -0.1) is 0 Å². The van der Waals surface area contributed by atoms with Crippen molar-refractivity contribution in [2.24, 2.45) is 0 Å². The number of benzene rings is 1. The van der Waals surface area contributed by atoms with Crippen LogP contribution in [-0.4, -0.2) is 60.7 Å². The van der Waals surface area contributed by atoms with E-state index in [1.807, 2.05) is 50.2 Å². The Labute approximate surface area is 207 Å². The van der Waals surface area contributed by atoms with Crippen LogP contribution >= 0.6 is 11.8 Å². The Bertz CT molecular complexity index is 1130. The van der Waals surface area contributed by atoms with Crippen molar-refractivity contribution in [2.45, 2.75) is 23.7 Å². The summed E-state index contributed by atoms with van der Waals surface area (Å²) in [6.45, 7) is 4.94. The molecule has 7 nitrogen and oxygen atoms in total. The SMILES string of the molecule is CCc1cc(Nc2cc(N(C)C)nc(N3CCN(c4ccccn4)CC3)n2)ccc1SC(F)(F)F. The average molecular weight is 504 g/mol. The maximum Gasteiger partial charge on any atom is 0.446 e. The minimum absolute atomic E-state index is 0.0821. The van der Waals surface area contributed by atoms with Gasteiger partial charge in [0, 0.05) is 63.1 Å². The highest BCUT2D eigenvalue weighted by Gasteiger charge is 2.30. The van der Waals surface area contributed by atoms with Crippen molar-refractivity contribution in [1.29, 1.82) is 0 Å². The Kier molecular flexibility index (Phi) is 7.54. The molecule has 0 amide bonds. The second-order valence-corrected chi connectivity index (χ2v) is 9.42. The van der Waals surface area contributed by atoms with Crippen molar-refractivity contribution in [1.82, 2.24) is 15.0 Å². The van der Waals surface area contributed by atoms with Gasteiger partial charge in [-0.25, -0.2) is 4.98 Å². The van der Waals surface area contributed by atoms with E-state index in [-0.39, 0.29) is 16.7 Å². The average Bonchev–Trinajstić information content (AvgIpc) is 2.84. The molecule has 1 aromatic carbocycles. The first-order chi connectivity index (χ1) is 16.7. The van der Waals surface area contributed by atoms with Crippen molar-refractivity contribution in [3.05, 3.63) is 54.2 Å². The van der Waals surface area contributed by atoms with Gasteiger partial charge in [0.25, 0.3) is 0 Å². The van der Waals surface area contributed by atoms with E-state index < -0.39 is 5.51 Å². The summed E-state index contributed by atoms with van der Waals surface area (Å²) in [5.74, 6) is 2.89. The maximum atomic E-state index is 12.9. The lowest BCUT2D eigenvalue weighted by Gasteiger charge is -2.35. The summed E-state index contributed by atoms with van der Waals surface area (Å²) < 4.78 is 38.6. The third-order valence-corrected chi connectivity index (χ3v) is 6.48. The Morgan fingerprint density at radius 2 is 1.74 bits per heavy atom. The fourth-order valence-electron chi connectivity index (χ4n) is 3.84. The number of rotatable bonds is 7. The smallest absolute Gasteiger partial charge is 0.363 e. The second kappa shape index (κ2) is 10.6. The van der Waals surface area contributed by atoms with Crippen LogP contribution in [0, 0.1) is 0 Å². The summed E-state index contributed by atoms with van der Waals surface area (Å²) in [6.07, 6.45) is 2.29. The van der Waals surface area contributed by atoms with Crippen LogP contribution in [0.25, 0.3) is 0 Å². The summed E-state index contributed by atoms with van der Waals surface area (Å²) in [6, 6.07) is 12.6. The number of aromatic nitrogens is 3. The number of nitrogens with one attached hydrogen (secondary N) is 1. The molecule has 1 saturated heterocycles. The number of thioether (sulfide) groups is 1. The monoisotopic (exact) mass is 503 g/mol. The van der Waals surface area contributed by atoms with Crippen LogP contribution in [-0.2, 0) is 6.42 Å². The standard InChI is InChI=1S/C24H28F3N7S/c1-4-17-15-18(8-9-19(17)35-24(25,26)27)29-20-16-22(32(2)3)31-23(30-20)34-13-11-33(12-14-34)21-7-5-6-10-28-21/h5-10,15-16H,4,11-14H2,1-3H3,(H,29,30,31). The number of halogens is 3. The van der Waals surface area contributed by atoms with E-state index in [0.717, 1.165) is 37.8 Å². The minimum Gasteiger partial charge on any atom is -0.363 e. The van der Waals surface area contributed by atoms with E-state index in [0.29, 0.717) is 29.4 Å². The predicted molar refractivity (Wildman–Crippen MR) is 136 cm³/mol. The van der Waals surface area contributed by atoms with Crippen LogP contribution < -0.4 is 20.0 Å². The van der Waals surface area contributed by atoms with Crippen molar-refractivity contribution in [3.63, 3.8) is 0 Å². The number of anilines is 5. The molecule has 3 heterocycles. The number of piperazine rings is 1. The summed E-state index contributed by atoms with van der Waals surface area (Å²) in [5.41, 5.74) is -3.01. The molecular weight excluding hydrogens is 475 g/mol. The lowest BCUT2D eigenvalue weighted by atomic mass is 10.1. The lowest BCUT2D eigenvalue weighted by Crippen LogP contribution is -2.47. The van der Waals surface area contributed by atoms with Crippen molar-refractivity contribution < 1.29 is 13.2 Å². The topological polar surface area (TPSA) is 60.4 Å². The van der Waals surface area contributed by atoms with Crippen LogP contribution in [0.1, 0.15) is 12.5 Å². The van der Waals surface area contributed by atoms with Crippen molar-refractivity contribution >= 4 is 40.9 Å². The Hall–Kier alpha value is -3.21. The molecule has 0 radical (unpaired) electrons. The molecule has 0 unspecified atom stereocenters. The molecule has 0 bridgehead atoms. The molecule has 186 valence electrons. The third kappa shape index (κ3) is 6.47. The van der Waals surface area contributed by atoms with Gasteiger partial charge in [0.2, 0.25) is 5.95 Å². The highest BCUT2D eigenvalue weighted by molar-refractivity contribution is 8.00. The largest absolute Gasteiger partial charge is 0.446 e. The van der Waals surface area contributed by atoms with Gasteiger partial charge in [-0.3, -0.25) is 0 Å². The summed E-state index contributed by atoms with van der Waals surface area (Å²) in [7, 11) is 3.82. The van der Waals surface area contributed by atoms with Gasteiger partial charge in [-0.2, -0.15) is 23.1 Å². The molecule has 4 rings (SSSR count). The second-order valence-electron chi connectivity index (χ2n) is 8.32.